The van der Waals surface area contributed by atoms with Gasteiger partial charge in [0.25, 0.3) is 0 Å². The number of benzene rings is 2. The second-order valence-corrected chi connectivity index (χ2v) is 6.07. The van der Waals surface area contributed by atoms with Crippen LogP contribution in [0.5, 0.6) is 0 Å². The third-order valence-electron chi connectivity index (χ3n) is 4.50. The molecule has 2 aromatic carbocycles. The Kier molecular flexibility index (Phi) is 4.75. The van der Waals surface area contributed by atoms with Crippen LogP contribution >= 0.6 is 0 Å². The van der Waals surface area contributed by atoms with E-state index in [0.29, 0.717) is 5.56 Å². The Balaban J connectivity index is 2.13. The molecule has 1 N–H and O–H groups in total. The average Bonchev–Trinajstić information content (AvgIpc) is 2.89. The molecule has 0 radical (unpaired) electrons. The van der Waals surface area contributed by atoms with Crippen LogP contribution in [0.2, 0.25) is 0 Å². The van der Waals surface area contributed by atoms with Gasteiger partial charge in [-0.1, -0.05) is 18.2 Å². The topological polar surface area (TPSA) is 46.5 Å². The maximum absolute atomic E-state index is 14.2. The molecule has 1 aliphatic rings. The zero-order valence-corrected chi connectivity index (χ0v) is 13.8. The second kappa shape index (κ2) is 6.72. The van der Waals surface area contributed by atoms with Gasteiger partial charge in [0.1, 0.15) is 5.82 Å². The fourth-order valence-corrected chi connectivity index (χ4v) is 3.39. The van der Waals surface area contributed by atoms with Crippen LogP contribution in [-0.2, 0) is 10.9 Å². The van der Waals surface area contributed by atoms with Crippen LogP contribution in [0, 0.1) is 5.82 Å². The van der Waals surface area contributed by atoms with Crippen molar-refractivity contribution >= 4 is 5.97 Å². The van der Waals surface area contributed by atoms with Crippen LogP contribution in [-0.4, -0.2) is 17.7 Å². The van der Waals surface area contributed by atoms with E-state index in [1.165, 1.54) is 24.3 Å². The first-order valence-electron chi connectivity index (χ1n) is 8.08. The van der Waals surface area contributed by atoms with Gasteiger partial charge in [0.15, 0.2) is 0 Å². The lowest BCUT2D eigenvalue weighted by molar-refractivity contribution is -0.138. The summed E-state index contributed by atoms with van der Waals surface area (Å²) in [6.45, 7) is 1.60. The third-order valence-corrected chi connectivity index (χ3v) is 4.50. The van der Waals surface area contributed by atoms with Crippen molar-refractivity contribution in [2.45, 2.75) is 31.5 Å². The van der Waals surface area contributed by atoms with Gasteiger partial charge in [-0.25, -0.2) is 9.18 Å². The van der Waals surface area contributed by atoms with Crippen molar-refractivity contribution < 1.29 is 32.2 Å². The maximum Gasteiger partial charge on any atom is 0.416 e. The first-order chi connectivity index (χ1) is 12.2. The van der Waals surface area contributed by atoms with Crippen molar-refractivity contribution in [3.8, 4) is 0 Å². The van der Waals surface area contributed by atoms with E-state index in [-0.39, 0.29) is 29.7 Å². The number of esters is 1. The molecule has 0 saturated carbocycles. The molecule has 0 spiro atoms. The van der Waals surface area contributed by atoms with Crippen LogP contribution in [0.25, 0.3) is 0 Å². The predicted molar refractivity (Wildman–Crippen MR) is 85.2 cm³/mol. The van der Waals surface area contributed by atoms with Gasteiger partial charge in [-0.15, -0.1) is 0 Å². The third kappa shape index (κ3) is 3.19. The summed E-state index contributed by atoms with van der Waals surface area (Å²) in [4.78, 5) is 11.9. The summed E-state index contributed by atoms with van der Waals surface area (Å²) in [5, 5.41) is 10.2. The Morgan fingerprint density at radius 1 is 1.19 bits per heavy atom. The maximum atomic E-state index is 14.2. The number of fused-ring (bicyclic) bond motifs is 1. The Bertz CT molecular complexity index is 845. The minimum Gasteiger partial charge on any atom is -0.462 e. The molecule has 26 heavy (non-hydrogen) atoms. The van der Waals surface area contributed by atoms with Gasteiger partial charge in [-0.3, -0.25) is 0 Å². The highest BCUT2D eigenvalue weighted by atomic mass is 19.4. The molecule has 0 saturated heterocycles. The predicted octanol–water partition coefficient (Wildman–Crippen LogP) is 4.59. The van der Waals surface area contributed by atoms with Gasteiger partial charge in [0.2, 0.25) is 0 Å². The molecule has 2 unspecified atom stereocenters. The summed E-state index contributed by atoms with van der Waals surface area (Å²) in [5.41, 5.74) is -0.684. The number of carbonyl (C=O) groups excluding carboxylic acids is 1. The molecule has 0 amide bonds. The van der Waals surface area contributed by atoms with E-state index in [4.69, 9.17) is 4.74 Å². The Morgan fingerprint density at radius 3 is 2.54 bits per heavy atom. The molecule has 2 atom stereocenters. The molecule has 0 aromatic heterocycles. The highest BCUT2D eigenvalue weighted by Crippen LogP contribution is 2.48. The van der Waals surface area contributed by atoms with Crippen molar-refractivity contribution in [1.29, 1.82) is 0 Å². The molecule has 0 fully saturated rings. The van der Waals surface area contributed by atoms with Crippen molar-refractivity contribution in [3.63, 3.8) is 0 Å². The molecule has 7 heteroatoms. The summed E-state index contributed by atoms with van der Waals surface area (Å²) in [6.07, 6.45) is -5.69. The number of rotatable bonds is 3. The first-order valence-corrected chi connectivity index (χ1v) is 8.08. The summed E-state index contributed by atoms with van der Waals surface area (Å²) in [6, 6.07) is 7.26. The fourth-order valence-electron chi connectivity index (χ4n) is 3.39. The van der Waals surface area contributed by atoms with E-state index in [2.05, 4.69) is 0 Å². The standard InChI is InChI=1S/C19H16F4O3/c1-2-26-18(25)14-7-11-12(9-17(24)13(11)8-16(14)20)10-5-3-4-6-15(10)19(21,22)23/h3-8,12,17,24H,2,9H2,1H3. The van der Waals surface area contributed by atoms with E-state index in [1.54, 1.807) is 6.92 Å². The molecule has 2 aromatic rings. The minimum absolute atomic E-state index is 0.0146. The monoisotopic (exact) mass is 368 g/mol. The van der Waals surface area contributed by atoms with Crippen molar-refractivity contribution in [3.05, 3.63) is 70.0 Å². The van der Waals surface area contributed by atoms with E-state index in [0.717, 1.165) is 12.1 Å². The van der Waals surface area contributed by atoms with Gasteiger partial charge in [-0.2, -0.15) is 13.2 Å². The SMILES string of the molecule is CCOC(=O)c1cc2c(cc1F)C(O)CC2c1ccccc1C(F)(F)F. The lowest BCUT2D eigenvalue weighted by atomic mass is 9.88. The zero-order chi connectivity index (χ0) is 19.1. The van der Waals surface area contributed by atoms with Gasteiger partial charge in [-0.05, 0) is 48.2 Å². The number of hydrogen-bond acceptors (Lipinski definition) is 3. The molecule has 1 aliphatic carbocycles. The summed E-state index contributed by atoms with van der Waals surface area (Å²) in [7, 11) is 0. The minimum atomic E-state index is -4.56. The Labute approximate surface area is 147 Å². The molecular formula is C19H16F4O3. The number of ether oxygens (including phenoxy) is 1. The molecule has 0 heterocycles. The zero-order valence-electron chi connectivity index (χ0n) is 13.8. The lowest BCUT2D eigenvalue weighted by Gasteiger charge is -2.19. The largest absolute Gasteiger partial charge is 0.462 e. The van der Waals surface area contributed by atoms with Crippen molar-refractivity contribution in [2.75, 3.05) is 6.61 Å². The van der Waals surface area contributed by atoms with Crippen molar-refractivity contribution in [1.82, 2.24) is 0 Å². The Morgan fingerprint density at radius 2 is 1.88 bits per heavy atom. The number of halogens is 4. The van der Waals surface area contributed by atoms with E-state index < -0.39 is 35.5 Å². The summed E-state index contributed by atoms with van der Waals surface area (Å²) in [5.74, 6) is -2.56. The van der Waals surface area contributed by atoms with Crippen molar-refractivity contribution in [2.24, 2.45) is 0 Å². The summed E-state index contributed by atoms with van der Waals surface area (Å²) >= 11 is 0. The van der Waals surface area contributed by atoms with Crippen LogP contribution in [0.1, 0.15) is 58.0 Å². The van der Waals surface area contributed by atoms with Gasteiger partial charge >= 0.3 is 12.1 Å². The first kappa shape index (κ1) is 18.4. The van der Waals surface area contributed by atoms with Gasteiger partial charge < -0.3 is 9.84 Å². The number of aliphatic hydroxyl groups is 1. The van der Waals surface area contributed by atoms with Gasteiger partial charge in [0.05, 0.1) is 23.8 Å². The van der Waals surface area contributed by atoms with Crippen LogP contribution in [0.15, 0.2) is 36.4 Å². The number of alkyl halides is 3. The lowest BCUT2D eigenvalue weighted by Crippen LogP contribution is -2.13. The molecule has 0 aliphatic heterocycles. The van der Waals surface area contributed by atoms with Gasteiger partial charge in [0, 0.05) is 5.92 Å². The fraction of sp³-hybridized carbons (Fsp3) is 0.316. The van der Waals surface area contributed by atoms with E-state index in [9.17, 15) is 27.5 Å². The number of carbonyl (C=O) groups is 1. The van der Waals surface area contributed by atoms with E-state index >= 15 is 0 Å². The average molecular weight is 368 g/mol. The highest BCUT2D eigenvalue weighted by molar-refractivity contribution is 5.90. The normalized spacial score (nSPS) is 19.3. The Hall–Kier alpha value is -2.41. The second-order valence-electron chi connectivity index (χ2n) is 6.07. The smallest absolute Gasteiger partial charge is 0.416 e. The number of aliphatic hydroxyl groups excluding tert-OH is 1. The van der Waals surface area contributed by atoms with E-state index in [1.807, 2.05) is 0 Å². The summed E-state index contributed by atoms with van der Waals surface area (Å²) < 4.78 is 59.0. The van der Waals surface area contributed by atoms with Crippen LogP contribution in [0.4, 0.5) is 17.6 Å². The molecular weight excluding hydrogens is 352 g/mol. The molecule has 3 nitrogen and oxygen atoms in total. The molecule has 138 valence electrons. The quantitative estimate of drug-likeness (QED) is 0.637. The highest BCUT2D eigenvalue weighted by Gasteiger charge is 2.39. The molecule has 3 rings (SSSR count). The van der Waals surface area contributed by atoms with Crippen LogP contribution < -0.4 is 0 Å². The molecule has 0 bridgehead atoms. The van der Waals surface area contributed by atoms with Crippen LogP contribution in [0.3, 0.4) is 0 Å². The number of hydrogen-bond donors (Lipinski definition) is 1.